The van der Waals surface area contributed by atoms with Crippen LogP contribution in [0.3, 0.4) is 0 Å². The van der Waals surface area contributed by atoms with Gasteiger partial charge in [0.15, 0.2) is 0 Å². The van der Waals surface area contributed by atoms with Gasteiger partial charge in [0.2, 0.25) is 11.7 Å². The van der Waals surface area contributed by atoms with E-state index in [9.17, 15) is 9.59 Å². The number of carbonyl (C=O) groups is 2. The number of fused-ring (bicyclic) bond motifs is 2. The van der Waals surface area contributed by atoms with Gasteiger partial charge in [0.25, 0.3) is 5.91 Å². The van der Waals surface area contributed by atoms with E-state index in [-0.39, 0.29) is 18.3 Å². The number of benzene rings is 1. The zero-order valence-corrected chi connectivity index (χ0v) is 15.2. The smallest absolute Gasteiger partial charge is 0.325 e. The topological polar surface area (TPSA) is 88.3 Å². The Morgan fingerprint density at radius 1 is 1.26 bits per heavy atom. The monoisotopic (exact) mass is 380 g/mol. The van der Waals surface area contributed by atoms with Gasteiger partial charge in [0.1, 0.15) is 12.1 Å². The molecule has 1 N–H and O–H groups in total. The molecule has 3 aromatic rings. The number of imide groups is 1. The number of aryl methyl sites for hydroxylation is 1. The Morgan fingerprint density at radius 2 is 2.15 bits per heavy atom. The van der Waals surface area contributed by atoms with Crippen molar-refractivity contribution in [2.45, 2.75) is 31.3 Å². The zero-order chi connectivity index (χ0) is 18.4. The highest BCUT2D eigenvalue weighted by atomic mass is 32.1. The summed E-state index contributed by atoms with van der Waals surface area (Å²) in [6.07, 6.45) is 2.35. The van der Waals surface area contributed by atoms with Gasteiger partial charge in [-0.3, -0.25) is 9.69 Å². The average Bonchev–Trinajstić information content (AvgIpc) is 3.40. The Morgan fingerprint density at radius 3 is 3.00 bits per heavy atom. The van der Waals surface area contributed by atoms with Crippen LogP contribution in [-0.2, 0) is 23.3 Å². The van der Waals surface area contributed by atoms with E-state index in [4.69, 9.17) is 4.52 Å². The van der Waals surface area contributed by atoms with E-state index in [1.54, 1.807) is 0 Å². The Bertz CT molecular complexity index is 1030. The third-order valence-corrected chi connectivity index (χ3v) is 5.87. The molecule has 1 spiro atoms. The summed E-state index contributed by atoms with van der Waals surface area (Å²) < 4.78 is 5.26. The summed E-state index contributed by atoms with van der Waals surface area (Å²) in [4.78, 5) is 31.4. The van der Waals surface area contributed by atoms with Crippen molar-refractivity contribution in [3.63, 3.8) is 0 Å². The number of hydrogen-bond acceptors (Lipinski definition) is 6. The second-order valence-corrected chi connectivity index (χ2v) is 7.54. The number of nitrogens with zero attached hydrogens (tertiary/aromatic N) is 3. The van der Waals surface area contributed by atoms with Gasteiger partial charge < -0.3 is 9.84 Å². The van der Waals surface area contributed by atoms with Crippen LogP contribution >= 0.6 is 11.3 Å². The van der Waals surface area contributed by atoms with Crippen molar-refractivity contribution in [3.8, 4) is 11.4 Å². The number of carbonyl (C=O) groups excluding carboxylic acids is 2. The summed E-state index contributed by atoms with van der Waals surface area (Å²) in [5, 5.41) is 10.7. The molecule has 0 bridgehead atoms. The highest BCUT2D eigenvalue weighted by molar-refractivity contribution is 7.08. The second-order valence-electron chi connectivity index (χ2n) is 6.76. The molecule has 0 unspecified atom stereocenters. The van der Waals surface area contributed by atoms with Gasteiger partial charge in [-0.1, -0.05) is 29.4 Å². The Hall–Kier alpha value is -3.00. The molecule has 1 saturated heterocycles. The number of hydrogen-bond donors (Lipinski definition) is 1. The van der Waals surface area contributed by atoms with Gasteiger partial charge in [-0.15, -0.1) is 0 Å². The first-order chi connectivity index (χ1) is 13.2. The Labute approximate surface area is 159 Å². The van der Waals surface area contributed by atoms with Crippen molar-refractivity contribution in [3.05, 3.63) is 58.1 Å². The third-order valence-electron chi connectivity index (χ3n) is 5.19. The number of aromatic nitrogens is 2. The summed E-state index contributed by atoms with van der Waals surface area (Å²) in [6.45, 7) is -0.0360. The standard InChI is InChI=1S/C19H16N4O3S/c24-17-19(8-3-5-12-4-1-2-6-14(12)19)21-18(25)23(17)10-15-20-16(22-26-15)13-7-9-27-11-13/h1-2,4,6-7,9,11H,3,5,8,10H2,(H,21,25)/t19-/m1/s1. The molecule has 136 valence electrons. The van der Waals surface area contributed by atoms with Crippen LogP contribution in [0.2, 0.25) is 0 Å². The Balaban J connectivity index is 1.44. The van der Waals surface area contributed by atoms with Crippen molar-refractivity contribution < 1.29 is 14.1 Å². The van der Waals surface area contributed by atoms with Gasteiger partial charge >= 0.3 is 6.03 Å². The fourth-order valence-corrected chi connectivity index (χ4v) is 4.55. The van der Waals surface area contributed by atoms with Crippen LogP contribution in [0, 0.1) is 0 Å². The quantitative estimate of drug-likeness (QED) is 0.706. The zero-order valence-electron chi connectivity index (χ0n) is 14.3. The van der Waals surface area contributed by atoms with Crippen molar-refractivity contribution in [2.24, 2.45) is 0 Å². The van der Waals surface area contributed by atoms with E-state index in [1.165, 1.54) is 16.2 Å². The average molecular weight is 380 g/mol. The van der Waals surface area contributed by atoms with Crippen molar-refractivity contribution in [2.75, 3.05) is 0 Å². The Kier molecular flexibility index (Phi) is 3.61. The largest absolute Gasteiger partial charge is 0.337 e. The van der Waals surface area contributed by atoms with Crippen LogP contribution in [0.25, 0.3) is 11.4 Å². The van der Waals surface area contributed by atoms with Gasteiger partial charge in [-0.05, 0) is 41.8 Å². The minimum atomic E-state index is -0.984. The number of rotatable bonds is 3. The summed E-state index contributed by atoms with van der Waals surface area (Å²) in [5.74, 6) is 0.437. The van der Waals surface area contributed by atoms with Crippen LogP contribution in [0.1, 0.15) is 29.9 Å². The van der Waals surface area contributed by atoms with E-state index in [2.05, 4.69) is 15.5 Å². The molecule has 2 aromatic heterocycles. The molecule has 5 rings (SSSR count). The summed E-state index contributed by atoms with van der Waals surface area (Å²) in [5.41, 5.74) is 1.87. The number of nitrogens with one attached hydrogen (secondary N) is 1. The lowest BCUT2D eigenvalue weighted by Crippen LogP contribution is -2.46. The first-order valence-corrected chi connectivity index (χ1v) is 9.69. The summed E-state index contributed by atoms with van der Waals surface area (Å²) in [6, 6.07) is 9.27. The maximum Gasteiger partial charge on any atom is 0.325 e. The van der Waals surface area contributed by atoms with Crippen LogP contribution < -0.4 is 5.32 Å². The molecular formula is C19H16N4O3S. The van der Waals surface area contributed by atoms with E-state index >= 15 is 0 Å². The molecule has 0 radical (unpaired) electrons. The molecule has 1 aliphatic heterocycles. The van der Waals surface area contributed by atoms with E-state index in [1.807, 2.05) is 41.1 Å². The minimum absolute atomic E-state index is 0.0360. The molecule has 1 atom stereocenters. The first-order valence-electron chi connectivity index (χ1n) is 8.75. The summed E-state index contributed by atoms with van der Waals surface area (Å²) in [7, 11) is 0. The number of amides is 3. The molecule has 8 heteroatoms. The van der Waals surface area contributed by atoms with E-state index in [0.29, 0.717) is 12.2 Å². The second kappa shape index (κ2) is 6.02. The van der Waals surface area contributed by atoms with Gasteiger partial charge in [-0.25, -0.2) is 4.79 Å². The first kappa shape index (κ1) is 16.2. The predicted octanol–water partition coefficient (Wildman–Crippen LogP) is 3.08. The van der Waals surface area contributed by atoms with Gasteiger partial charge in [0, 0.05) is 10.9 Å². The number of thiophene rings is 1. The predicted molar refractivity (Wildman–Crippen MR) is 97.8 cm³/mol. The van der Waals surface area contributed by atoms with Crippen LogP contribution in [-0.4, -0.2) is 27.0 Å². The van der Waals surface area contributed by atoms with Crippen LogP contribution in [0.15, 0.2) is 45.6 Å². The fraction of sp³-hybridized carbons (Fsp3) is 0.263. The lowest BCUT2D eigenvalue weighted by atomic mass is 9.76. The third kappa shape index (κ3) is 2.48. The molecule has 1 aromatic carbocycles. The van der Waals surface area contributed by atoms with Crippen LogP contribution in [0.5, 0.6) is 0 Å². The molecule has 3 amide bonds. The maximum absolute atomic E-state index is 13.2. The fourth-order valence-electron chi connectivity index (χ4n) is 3.92. The normalized spacial score (nSPS) is 21.6. The lowest BCUT2D eigenvalue weighted by molar-refractivity contribution is -0.132. The van der Waals surface area contributed by atoms with Crippen molar-refractivity contribution in [1.29, 1.82) is 0 Å². The molecular weight excluding hydrogens is 364 g/mol. The molecule has 27 heavy (non-hydrogen) atoms. The minimum Gasteiger partial charge on any atom is -0.337 e. The molecule has 2 aliphatic rings. The van der Waals surface area contributed by atoms with Crippen LogP contribution in [0.4, 0.5) is 4.79 Å². The highest BCUT2D eigenvalue weighted by Gasteiger charge is 2.54. The molecule has 1 aliphatic carbocycles. The SMILES string of the molecule is O=C1N[C@@]2(CCCc3ccccc32)C(=O)N1Cc1nc(-c2ccsc2)no1. The van der Waals surface area contributed by atoms with Gasteiger partial charge in [-0.2, -0.15) is 16.3 Å². The summed E-state index contributed by atoms with van der Waals surface area (Å²) >= 11 is 1.54. The van der Waals surface area contributed by atoms with Crippen molar-refractivity contribution >= 4 is 23.3 Å². The molecule has 7 nitrogen and oxygen atoms in total. The highest BCUT2D eigenvalue weighted by Crippen LogP contribution is 2.40. The van der Waals surface area contributed by atoms with Crippen molar-refractivity contribution in [1.82, 2.24) is 20.4 Å². The lowest BCUT2D eigenvalue weighted by Gasteiger charge is -2.33. The number of urea groups is 1. The maximum atomic E-state index is 13.2. The molecule has 1 fully saturated rings. The van der Waals surface area contributed by atoms with E-state index < -0.39 is 11.6 Å². The molecule has 3 heterocycles. The van der Waals surface area contributed by atoms with Gasteiger partial charge in [0.05, 0.1) is 0 Å². The van der Waals surface area contributed by atoms with E-state index in [0.717, 1.165) is 29.5 Å². The molecule has 0 saturated carbocycles.